The highest BCUT2D eigenvalue weighted by Gasteiger charge is 2.40. The van der Waals surface area contributed by atoms with Crippen LogP contribution < -0.4 is 10.6 Å². The van der Waals surface area contributed by atoms with Crippen LogP contribution >= 0.6 is 0 Å². The second-order valence-electron chi connectivity index (χ2n) is 4.33. The summed E-state index contributed by atoms with van der Waals surface area (Å²) in [5.41, 5.74) is -0.177. The average Bonchev–Trinajstić information content (AvgIpc) is 2.48. The highest BCUT2D eigenvalue weighted by Crippen LogP contribution is 2.31. The van der Waals surface area contributed by atoms with Gasteiger partial charge in [0.25, 0.3) is 5.56 Å². The van der Waals surface area contributed by atoms with Crippen molar-refractivity contribution in [1.82, 2.24) is 9.78 Å². The van der Waals surface area contributed by atoms with Crippen LogP contribution in [0.3, 0.4) is 0 Å². The van der Waals surface area contributed by atoms with Gasteiger partial charge in [0.2, 0.25) is 0 Å². The van der Waals surface area contributed by atoms with E-state index in [1.807, 2.05) is 0 Å². The molecule has 1 aliphatic heterocycles. The summed E-state index contributed by atoms with van der Waals surface area (Å²) in [6.45, 7) is 0. The number of aryl methyl sites for hydroxylation is 1. The van der Waals surface area contributed by atoms with Crippen LogP contribution in [0.15, 0.2) is 16.1 Å². The Kier molecular flexibility index (Phi) is 3.74. The third-order valence-electron chi connectivity index (χ3n) is 3.14. The molecule has 0 spiro atoms. The molecule has 112 valence electrons. The largest absolute Gasteiger partial charge is 0.468 e. The Labute approximate surface area is 119 Å². The Bertz CT molecular complexity index is 693. The molecule has 0 bridgehead atoms. The van der Waals surface area contributed by atoms with Crippen molar-refractivity contribution in [1.29, 1.82) is 0 Å². The zero-order chi connectivity index (χ0) is 15.7. The molecule has 2 rings (SSSR count). The molecule has 1 aliphatic rings. The Hall–Kier alpha value is -2.71. The first-order valence-electron chi connectivity index (χ1n) is 5.97. The standard InChI is InChI=1S/C12H14N4O5/c1-15-9-6(5-13-16(2)10(9)17)7(11(18)20-3)8(14-15)12(19)21-4/h5,7H,1-4H3. The summed E-state index contributed by atoms with van der Waals surface area (Å²) in [5.74, 6) is -2.64. The molecule has 0 N–H and O–H groups in total. The lowest BCUT2D eigenvalue weighted by atomic mass is 9.93. The normalized spacial score (nSPS) is 16.9. The smallest absolute Gasteiger partial charge is 0.355 e. The Balaban J connectivity index is 2.71. The first-order chi connectivity index (χ1) is 9.92. The van der Waals surface area contributed by atoms with Gasteiger partial charge in [0.05, 0.1) is 20.4 Å². The van der Waals surface area contributed by atoms with Crippen LogP contribution in [0.25, 0.3) is 0 Å². The zero-order valence-electron chi connectivity index (χ0n) is 12.0. The predicted octanol–water partition coefficient (Wildman–Crippen LogP) is -0.984. The van der Waals surface area contributed by atoms with E-state index < -0.39 is 23.4 Å². The van der Waals surface area contributed by atoms with Crippen LogP contribution in [0.1, 0.15) is 11.5 Å². The van der Waals surface area contributed by atoms with E-state index in [0.29, 0.717) is 0 Å². The molecule has 1 atom stereocenters. The van der Waals surface area contributed by atoms with Crippen LogP contribution in [0, 0.1) is 0 Å². The molecule has 0 aromatic carbocycles. The maximum atomic E-state index is 12.1. The molecular weight excluding hydrogens is 280 g/mol. The number of nitrogens with zero attached hydrogens (tertiary/aromatic N) is 4. The Morgan fingerprint density at radius 1 is 1.24 bits per heavy atom. The van der Waals surface area contributed by atoms with Crippen molar-refractivity contribution >= 4 is 23.3 Å². The number of fused-ring (bicyclic) bond motifs is 1. The van der Waals surface area contributed by atoms with Crippen molar-refractivity contribution < 1.29 is 19.1 Å². The summed E-state index contributed by atoms with van der Waals surface area (Å²) >= 11 is 0. The van der Waals surface area contributed by atoms with E-state index in [-0.39, 0.29) is 17.0 Å². The molecule has 2 heterocycles. The molecule has 9 nitrogen and oxygen atoms in total. The quantitative estimate of drug-likeness (QED) is 0.645. The zero-order valence-corrected chi connectivity index (χ0v) is 12.0. The number of esters is 2. The Morgan fingerprint density at radius 3 is 2.48 bits per heavy atom. The predicted molar refractivity (Wildman–Crippen MR) is 72.1 cm³/mol. The van der Waals surface area contributed by atoms with Crippen molar-refractivity contribution in [2.24, 2.45) is 12.1 Å². The number of hydrogen-bond donors (Lipinski definition) is 0. The molecule has 0 radical (unpaired) electrons. The number of methoxy groups -OCH3 is 2. The molecule has 0 fully saturated rings. The Morgan fingerprint density at radius 2 is 1.90 bits per heavy atom. The summed E-state index contributed by atoms with van der Waals surface area (Å²) in [6, 6.07) is 0. The van der Waals surface area contributed by atoms with E-state index in [4.69, 9.17) is 4.74 Å². The second kappa shape index (κ2) is 5.35. The molecule has 0 amide bonds. The maximum Gasteiger partial charge on any atom is 0.355 e. The van der Waals surface area contributed by atoms with E-state index >= 15 is 0 Å². The highest BCUT2D eigenvalue weighted by atomic mass is 16.5. The van der Waals surface area contributed by atoms with Gasteiger partial charge in [-0.15, -0.1) is 0 Å². The molecule has 9 heteroatoms. The molecule has 0 aliphatic carbocycles. The van der Waals surface area contributed by atoms with Gasteiger partial charge in [-0.05, 0) is 0 Å². The monoisotopic (exact) mass is 294 g/mol. The van der Waals surface area contributed by atoms with Gasteiger partial charge >= 0.3 is 11.9 Å². The van der Waals surface area contributed by atoms with Crippen molar-refractivity contribution in [2.45, 2.75) is 5.92 Å². The number of aromatic nitrogens is 2. The molecular formula is C12H14N4O5. The lowest BCUT2D eigenvalue weighted by molar-refractivity contribution is -0.142. The number of carbonyl (C=O) groups is 2. The van der Waals surface area contributed by atoms with Crippen molar-refractivity contribution in [3.05, 3.63) is 22.1 Å². The van der Waals surface area contributed by atoms with E-state index in [2.05, 4.69) is 14.9 Å². The van der Waals surface area contributed by atoms with E-state index in [1.54, 1.807) is 0 Å². The summed E-state index contributed by atoms with van der Waals surface area (Å²) in [7, 11) is 5.33. The van der Waals surface area contributed by atoms with Gasteiger partial charge in [-0.25, -0.2) is 9.48 Å². The summed E-state index contributed by atoms with van der Waals surface area (Å²) in [6.07, 6.45) is 1.34. The van der Waals surface area contributed by atoms with Crippen LogP contribution in [0.5, 0.6) is 0 Å². The lowest BCUT2D eigenvalue weighted by Crippen LogP contribution is -2.40. The number of rotatable bonds is 2. The van der Waals surface area contributed by atoms with Gasteiger partial charge in [-0.1, -0.05) is 0 Å². The molecule has 21 heavy (non-hydrogen) atoms. The first-order valence-corrected chi connectivity index (χ1v) is 5.97. The number of carbonyl (C=O) groups excluding carboxylic acids is 2. The first kappa shape index (κ1) is 14.7. The van der Waals surface area contributed by atoms with Gasteiger partial charge in [0.1, 0.15) is 11.6 Å². The van der Waals surface area contributed by atoms with Gasteiger partial charge in [0, 0.05) is 19.7 Å². The molecule has 1 unspecified atom stereocenters. The van der Waals surface area contributed by atoms with Gasteiger partial charge < -0.3 is 9.47 Å². The molecule has 0 saturated heterocycles. The number of ether oxygens (including phenoxy) is 2. The summed E-state index contributed by atoms with van der Waals surface area (Å²) in [4.78, 5) is 36.0. The number of hydrazone groups is 1. The lowest BCUT2D eigenvalue weighted by Gasteiger charge is -2.27. The van der Waals surface area contributed by atoms with Gasteiger partial charge in [-0.3, -0.25) is 14.6 Å². The van der Waals surface area contributed by atoms with Crippen molar-refractivity contribution in [3.8, 4) is 0 Å². The maximum absolute atomic E-state index is 12.1. The topological polar surface area (TPSA) is 103 Å². The minimum atomic E-state index is -1.14. The molecule has 1 aromatic rings. The third-order valence-corrected chi connectivity index (χ3v) is 3.14. The van der Waals surface area contributed by atoms with E-state index in [0.717, 1.165) is 4.68 Å². The minimum absolute atomic E-state index is 0.158. The van der Waals surface area contributed by atoms with Gasteiger partial charge in [-0.2, -0.15) is 10.2 Å². The SMILES string of the molecule is COC(=O)C1=NN(C)c2c(cnn(C)c2=O)C1C(=O)OC. The summed E-state index contributed by atoms with van der Waals surface area (Å²) in [5, 5.41) is 9.08. The fourth-order valence-electron chi connectivity index (χ4n) is 2.11. The molecule has 1 aromatic heterocycles. The molecule has 0 saturated carbocycles. The van der Waals surface area contributed by atoms with Crippen LogP contribution in [0.4, 0.5) is 5.69 Å². The van der Waals surface area contributed by atoms with Crippen molar-refractivity contribution in [3.63, 3.8) is 0 Å². The number of hydrogen-bond acceptors (Lipinski definition) is 8. The van der Waals surface area contributed by atoms with Crippen LogP contribution in [-0.2, 0) is 26.1 Å². The fourth-order valence-corrected chi connectivity index (χ4v) is 2.11. The third kappa shape index (κ3) is 2.26. The fraction of sp³-hybridized carbons (Fsp3) is 0.417. The van der Waals surface area contributed by atoms with Crippen LogP contribution in [0.2, 0.25) is 0 Å². The van der Waals surface area contributed by atoms with Gasteiger partial charge in [0.15, 0.2) is 5.71 Å². The average molecular weight is 294 g/mol. The minimum Gasteiger partial charge on any atom is -0.468 e. The van der Waals surface area contributed by atoms with E-state index in [1.165, 1.54) is 39.5 Å². The van der Waals surface area contributed by atoms with E-state index in [9.17, 15) is 14.4 Å². The second-order valence-corrected chi connectivity index (χ2v) is 4.33. The van der Waals surface area contributed by atoms with Crippen molar-refractivity contribution in [2.75, 3.05) is 26.3 Å². The van der Waals surface area contributed by atoms with Crippen LogP contribution in [-0.4, -0.2) is 48.7 Å². The number of anilines is 1. The highest BCUT2D eigenvalue weighted by molar-refractivity contribution is 6.43. The summed E-state index contributed by atoms with van der Waals surface area (Å²) < 4.78 is 10.4.